The molecule has 2 heterocycles. The number of amides is 1. The van der Waals surface area contributed by atoms with Gasteiger partial charge in [-0.05, 0) is 44.9 Å². The van der Waals surface area contributed by atoms with Gasteiger partial charge in [0, 0.05) is 6.42 Å². The molecule has 0 radical (unpaired) electrons. The summed E-state index contributed by atoms with van der Waals surface area (Å²) >= 11 is 0. The van der Waals surface area contributed by atoms with Gasteiger partial charge in [-0.15, -0.1) is 0 Å². The van der Waals surface area contributed by atoms with Crippen molar-refractivity contribution in [3.05, 3.63) is 24.3 Å². The van der Waals surface area contributed by atoms with Crippen molar-refractivity contribution in [2.45, 2.75) is 351 Å². The lowest BCUT2D eigenvalue weighted by Crippen LogP contribution is -2.65. The number of hydrogen-bond acceptors (Lipinski definition) is 13. The monoisotopic (exact) mass is 1100 g/mol. The maximum Gasteiger partial charge on any atom is 0.220 e. The summed E-state index contributed by atoms with van der Waals surface area (Å²) in [5.74, 6) is -0.235. The lowest BCUT2D eigenvalue weighted by molar-refractivity contribution is -0.359. The molecule has 0 aromatic rings. The van der Waals surface area contributed by atoms with Crippen molar-refractivity contribution in [2.24, 2.45) is 0 Å². The van der Waals surface area contributed by atoms with Crippen LogP contribution in [0.4, 0.5) is 0 Å². The van der Waals surface area contributed by atoms with Crippen molar-refractivity contribution in [3.8, 4) is 0 Å². The van der Waals surface area contributed by atoms with Crippen molar-refractivity contribution in [1.82, 2.24) is 5.32 Å². The van der Waals surface area contributed by atoms with Gasteiger partial charge in [0.05, 0.1) is 32.0 Å². The molecule has 2 aliphatic heterocycles. The summed E-state index contributed by atoms with van der Waals surface area (Å²) in [6.45, 7) is 2.83. The molecule has 9 N–H and O–H groups in total. The minimum absolute atomic E-state index is 0.235. The zero-order valence-electron chi connectivity index (χ0n) is 49.0. The van der Waals surface area contributed by atoms with Crippen LogP contribution in [0.15, 0.2) is 24.3 Å². The molecule has 2 saturated heterocycles. The first kappa shape index (κ1) is 71.6. The number of rotatable bonds is 52. The highest BCUT2D eigenvalue weighted by Crippen LogP contribution is 2.30. The fourth-order valence-electron chi connectivity index (χ4n) is 10.7. The van der Waals surface area contributed by atoms with Gasteiger partial charge < -0.3 is 65.1 Å². The van der Waals surface area contributed by atoms with Gasteiger partial charge in [-0.1, -0.05) is 250 Å². The first-order valence-corrected chi connectivity index (χ1v) is 32.1. The molecule has 0 aromatic carbocycles. The number of allylic oxidation sites excluding steroid dienone is 3. The summed E-state index contributed by atoms with van der Waals surface area (Å²) in [4.78, 5) is 13.3. The smallest absolute Gasteiger partial charge is 0.220 e. The standard InChI is InChI=1S/C63H119NO13/c1-3-5-7-9-11-13-15-17-19-21-22-23-24-25-26-27-28-29-30-31-33-35-37-39-41-43-45-47-55(68)64-51(52(67)46-44-42-40-38-36-34-32-20-18-16-14-12-10-8-6-4-2)50-74-62-60(73)58(71)61(54(49-66)76-62)77-63-59(72)57(70)56(69)53(48-65)75-63/h21-22,44,46,51-54,56-63,65-67,69-73H,3-20,23-43,45,47-50H2,1-2H3,(H,64,68)/b22-21-,46-44+. The average Bonchev–Trinajstić information content (AvgIpc) is 3.43. The molecule has 1 amide bonds. The molecule has 77 heavy (non-hydrogen) atoms. The summed E-state index contributed by atoms with van der Waals surface area (Å²) in [6, 6.07) is -0.912. The highest BCUT2D eigenvalue weighted by molar-refractivity contribution is 5.76. The number of carbonyl (C=O) groups is 1. The van der Waals surface area contributed by atoms with E-state index in [1.54, 1.807) is 6.08 Å². The normalized spacial score (nSPS) is 24.8. The van der Waals surface area contributed by atoms with E-state index in [9.17, 15) is 45.6 Å². The molecule has 2 rings (SSSR count). The van der Waals surface area contributed by atoms with Crippen LogP contribution < -0.4 is 5.32 Å². The quantitative estimate of drug-likeness (QED) is 0.0204. The molecule has 0 aliphatic carbocycles. The van der Waals surface area contributed by atoms with Gasteiger partial charge in [0.2, 0.25) is 5.91 Å². The Bertz CT molecular complexity index is 1390. The third-order valence-electron chi connectivity index (χ3n) is 15.9. The maximum atomic E-state index is 13.3. The van der Waals surface area contributed by atoms with E-state index in [0.717, 1.165) is 38.5 Å². The van der Waals surface area contributed by atoms with E-state index in [1.807, 2.05) is 6.08 Å². The zero-order valence-corrected chi connectivity index (χ0v) is 49.0. The van der Waals surface area contributed by atoms with Crippen LogP contribution in [0.2, 0.25) is 0 Å². The van der Waals surface area contributed by atoms with Gasteiger partial charge in [0.1, 0.15) is 48.8 Å². The van der Waals surface area contributed by atoms with Crippen molar-refractivity contribution in [3.63, 3.8) is 0 Å². The Balaban J connectivity index is 1.70. The van der Waals surface area contributed by atoms with E-state index in [2.05, 4.69) is 31.3 Å². The summed E-state index contributed by atoms with van der Waals surface area (Å²) in [5, 5.41) is 87.2. The predicted octanol–water partition coefficient (Wildman–Crippen LogP) is 11.6. The van der Waals surface area contributed by atoms with Gasteiger partial charge in [-0.2, -0.15) is 0 Å². The summed E-state index contributed by atoms with van der Waals surface area (Å²) < 4.78 is 22.8. The number of nitrogens with one attached hydrogen (secondary N) is 1. The Morgan fingerprint density at radius 2 is 0.818 bits per heavy atom. The topological polar surface area (TPSA) is 228 Å². The number of aliphatic hydroxyl groups is 8. The fraction of sp³-hybridized carbons (Fsp3) is 0.921. The Morgan fingerprint density at radius 1 is 0.455 bits per heavy atom. The Kier molecular flexibility index (Phi) is 45.7. The van der Waals surface area contributed by atoms with E-state index in [-0.39, 0.29) is 18.9 Å². The van der Waals surface area contributed by atoms with E-state index >= 15 is 0 Å². The highest BCUT2D eigenvalue weighted by atomic mass is 16.7. The Morgan fingerprint density at radius 3 is 1.23 bits per heavy atom. The largest absolute Gasteiger partial charge is 0.394 e. The van der Waals surface area contributed by atoms with E-state index in [0.29, 0.717) is 6.42 Å². The highest BCUT2D eigenvalue weighted by Gasteiger charge is 2.51. The van der Waals surface area contributed by atoms with E-state index in [4.69, 9.17) is 18.9 Å². The van der Waals surface area contributed by atoms with Gasteiger partial charge in [-0.3, -0.25) is 4.79 Å². The molecule has 14 nitrogen and oxygen atoms in total. The summed E-state index contributed by atoms with van der Waals surface area (Å²) in [6.07, 6.45) is 42.2. The molecular weight excluding hydrogens is 979 g/mol. The minimum Gasteiger partial charge on any atom is -0.394 e. The molecule has 0 bridgehead atoms. The summed E-state index contributed by atoms with van der Waals surface area (Å²) in [7, 11) is 0. The molecule has 14 heteroatoms. The van der Waals surface area contributed by atoms with Gasteiger partial charge >= 0.3 is 0 Å². The maximum absolute atomic E-state index is 13.3. The number of hydrogen-bond donors (Lipinski definition) is 9. The fourth-order valence-corrected chi connectivity index (χ4v) is 10.7. The van der Waals surface area contributed by atoms with Crippen molar-refractivity contribution in [2.75, 3.05) is 19.8 Å². The SMILES string of the molecule is CCCCCCCCCC/C=C\CCCCCCCCCCCCCCCCCC(=O)NC(COC1OC(CO)C(OC2OC(CO)C(O)C(O)C2O)C(O)C1O)C(O)/C=C/CCCCCCCCCCCCCCCC. The van der Waals surface area contributed by atoms with Crippen LogP contribution in [0, 0.1) is 0 Å². The van der Waals surface area contributed by atoms with Crippen LogP contribution in [0.5, 0.6) is 0 Å². The molecule has 12 unspecified atom stereocenters. The van der Waals surface area contributed by atoms with Crippen LogP contribution in [-0.2, 0) is 23.7 Å². The van der Waals surface area contributed by atoms with Crippen LogP contribution in [0.1, 0.15) is 277 Å². The van der Waals surface area contributed by atoms with Crippen LogP contribution in [-0.4, -0.2) is 140 Å². The second-order valence-corrected chi connectivity index (χ2v) is 22.9. The third kappa shape index (κ3) is 34.5. The Labute approximate surface area is 468 Å². The lowest BCUT2D eigenvalue weighted by atomic mass is 9.97. The molecule has 0 spiro atoms. The number of carbonyl (C=O) groups excluding carboxylic acids is 1. The third-order valence-corrected chi connectivity index (χ3v) is 15.9. The first-order valence-electron chi connectivity index (χ1n) is 32.1. The second kappa shape index (κ2) is 49.1. The minimum atomic E-state index is -1.79. The van der Waals surface area contributed by atoms with Crippen molar-refractivity contribution in [1.29, 1.82) is 0 Å². The second-order valence-electron chi connectivity index (χ2n) is 22.9. The van der Waals surface area contributed by atoms with Gasteiger partial charge in [0.25, 0.3) is 0 Å². The van der Waals surface area contributed by atoms with Crippen LogP contribution in [0.25, 0.3) is 0 Å². The Hall–Kier alpha value is -1.53. The van der Waals surface area contributed by atoms with Crippen molar-refractivity contribution < 1.29 is 64.6 Å². The van der Waals surface area contributed by atoms with Gasteiger partial charge in [-0.25, -0.2) is 0 Å². The molecule has 2 aliphatic rings. The number of aliphatic hydroxyl groups excluding tert-OH is 8. The molecular formula is C63H119NO13. The molecule has 0 saturated carbocycles. The van der Waals surface area contributed by atoms with E-state index in [1.165, 1.54) is 212 Å². The predicted molar refractivity (Wildman–Crippen MR) is 309 cm³/mol. The zero-order chi connectivity index (χ0) is 56.0. The van der Waals surface area contributed by atoms with E-state index < -0.39 is 86.8 Å². The lowest BCUT2D eigenvalue weighted by Gasteiger charge is -2.46. The molecule has 0 aromatic heterocycles. The molecule has 12 atom stereocenters. The van der Waals surface area contributed by atoms with Crippen molar-refractivity contribution >= 4 is 5.91 Å². The number of ether oxygens (including phenoxy) is 4. The molecule has 2 fully saturated rings. The van der Waals surface area contributed by atoms with Crippen LogP contribution >= 0.6 is 0 Å². The molecule has 454 valence electrons. The average molecular weight is 1100 g/mol. The first-order chi connectivity index (χ1) is 37.6. The van der Waals surface area contributed by atoms with Gasteiger partial charge in [0.15, 0.2) is 12.6 Å². The number of unbranched alkanes of at least 4 members (excludes halogenated alkanes) is 37. The van der Waals surface area contributed by atoms with Crippen LogP contribution in [0.3, 0.4) is 0 Å². The summed E-state index contributed by atoms with van der Waals surface area (Å²) in [5.41, 5.74) is 0.